The van der Waals surface area contributed by atoms with Gasteiger partial charge in [0.25, 0.3) is 0 Å². The van der Waals surface area contributed by atoms with Crippen molar-refractivity contribution in [3.63, 3.8) is 0 Å². The van der Waals surface area contributed by atoms with Crippen molar-refractivity contribution >= 4 is 27.5 Å². The van der Waals surface area contributed by atoms with Crippen LogP contribution in [0.2, 0.25) is 0 Å². The molecule has 0 bridgehead atoms. The number of phenolic OH excluding ortho intramolecular Hbond substituents is 1. The van der Waals surface area contributed by atoms with E-state index in [-0.39, 0.29) is 58.3 Å². The molecule has 2 atom stereocenters. The van der Waals surface area contributed by atoms with Gasteiger partial charge < -0.3 is 29.5 Å². The van der Waals surface area contributed by atoms with Gasteiger partial charge in [0, 0.05) is 55.1 Å². The molecule has 1 aromatic heterocycles. The normalized spacial score (nSPS) is 21.6. The lowest BCUT2D eigenvalue weighted by atomic mass is 9.88. The SMILES string of the molecule is C#Cc1c(F)ccc2cc(O)cc(-c3c(F)c4c5c(nc(OCC6(CN7CCOCC7)CC6)nc5c3CC)N3C[C@@H](CC)NC[C@H]3CO4)c12. The predicted octanol–water partition coefficient (Wildman–Crippen LogP) is 5.42. The number of ether oxygens (including phenoxy) is 3. The van der Waals surface area contributed by atoms with Crippen molar-refractivity contribution in [2.45, 2.75) is 51.6 Å². The lowest BCUT2D eigenvalue weighted by molar-refractivity contribution is 0.0231. The zero-order valence-corrected chi connectivity index (χ0v) is 28.0. The highest BCUT2D eigenvalue weighted by Gasteiger charge is 2.45. The molecule has 4 aromatic rings. The summed E-state index contributed by atoms with van der Waals surface area (Å²) in [5, 5.41) is 15.8. The molecule has 3 aromatic carbocycles. The van der Waals surface area contributed by atoms with E-state index in [1.807, 2.05) is 6.92 Å². The first-order chi connectivity index (χ1) is 23.8. The highest BCUT2D eigenvalue weighted by molar-refractivity contribution is 6.07. The molecule has 4 heterocycles. The lowest BCUT2D eigenvalue weighted by Gasteiger charge is -2.39. The number of nitrogens with one attached hydrogen (secondary N) is 1. The second kappa shape index (κ2) is 12.6. The molecule has 256 valence electrons. The Hall–Kier alpha value is -4.24. The number of aromatic hydroxyl groups is 1. The number of fused-ring (bicyclic) bond motifs is 3. The molecule has 4 aliphatic rings. The number of hydrogen-bond donors (Lipinski definition) is 2. The van der Waals surface area contributed by atoms with E-state index in [4.69, 9.17) is 30.6 Å². The Kier molecular flexibility index (Phi) is 8.21. The lowest BCUT2D eigenvalue weighted by Crippen LogP contribution is -2.58. The number of terminal acetylenes is 1. The molecule has 3 fully saturated rings. The zero-order valence-electron chi connectivity index (χ0n) is 28.0. The van der Waals surface area contributed by atoms with E-state index in [1.165, 1.54) is 24.3 Å². The molecular formula is C38H41F2N5O4. The summed E-state index contributed by atoms with van der Waals surface area (Å²) < 4.78 is 50.9. The number of nitrogens with zero attached hydrogens (tertiary/aromatic N) is 4. The third-order valence-corrected chi connectivity index (χ3v) is 10.7. The molecule has 1 saturated carbocycles. The van der Waals surface area contributed by atoms with Crippen LogP contribution in [0.15, 0.2) is 24.3 Å². The highest BCUT2D eigenvalue weighted by Crippen LogP contribution is 2.49. The number of aromatic nitrogens is 2. The van der Waals surface area contributed by atoms with Crippen molar-refractivity contribution in [1.29, 1.82) is 0 Å². The fraction of sp³-hybridized carbons (Fsp3) is 0.474. The van der Waals surface area contributed by atoms with Crippen LogP contribution in [0, 0.1) is 29.4 Å². The Balaban J connectivity index is 1.32. The summed E-state index contributed by atoms with van der Waals surface area (Å²) in [5.41, 5.74) is 1.55. The first kappa shape index (κ1) is 32.0. The van der Waals surface area contributed by atoms with E-state index >= 15 is 8.78 Å². The van der Waals surface area contributed by atoms with Crippen molar-refractivity contribution in [3.8, 4) is 41.0 Å². The minimum Gasteiger partial charge on any atom is -0.508 e. The minimum atomic E-state index is -0.621. The van der Waals surface area contributed by atoms with E-state index in [2.05, 4.69) is 28.0 Å². The van der Waals surface area contributed by atoms with Crippen molar-refractivity contribution in [2.75, 3.05) is 64.1 Å². The fourth-order valence-electron chi connectivity index (χ4n) is 7.83. The summed E-state index contributed by atoms with van der Waals surface area (Å²) in [7, 11) is 0. The summed E-state index contributed by atoms with van der Waals surface area (Å²) in [6, 6.07) is 6.10. The van der Waals surface area contributed by atoms with Crippen LogP contribution in [0.1, 0.15) is 44.2 Å². The van der Waals surface area contributed by atoms with E-state index in [9.17, 15) is 5.11 Å². The topological polar surface area (TPSA) is 92.2 Å². The van der Waals surface area contributed by atoms with Crippen LogP contribution in [0.3, 0.4) is 0 Å². The van der Waals surface area contributed by atoms with Gasteiger partial charge in [0.2, 0.25) is 0 Å². The van der Waals surface area contributed by atoms with Crippen molar-refractivity contribution in [1.82, 2.24) is 20.2 Å². The number of hydrogen-bond acceptors (Lipinski definition) is 9. The first-order valence-corrected chi connectivity index (χ1v) is 17.4. The third kappa shape index (κ3) is 5.60. The first-order valence-electron chi connectivity index (χ1n) is 17.4. The number of piperazine rings is 1. The molecule has 2 saturated heterocycles. The Labute approximate surface area is 284 Å². The molecule has 0 spiro atoms. The van der Waals surface area contributed by atoms with Crippen LogP contribution in [-0.4, -0.2) is 91.2 Å². The maximum Gasteiger partial charge on any atom is 0.318 e. The average molecular weight is 670 g/mol. The van der Waals surface area contributed by atoms with Crippen LogP contribution in [-0.2, 0) is 11.2 Å². The van der Waals surface area contributed by atoms with Gasteiger partial charge in [-0.05, 0) is 60.4 Å². The molecule has 3 aliphatic heterocycles. The highest BCUT2D eigenvalue weighted by atomic mass is 19.1. The van der Waals surface area contributed by atoms with Crippen molar-refractivity contribution < 1.29 is 28.1 Å². The van der Waals surface area contributed by atoms with Crippen LogP contribution >= 0.6 is 0 Å². The Morgan fingerprint density at radius 3 is 2.69 bits per heavy atom. The van der Waals surface area contributed by atoms with E-state index < -0.39 is 11.6 Å². The molecular weight excluding hydrogens is 628 g/mol. The summed E-state index contributed by atoms with van der Waals surface area (Å²) in [5.74, 6) is 1.77. The number of phenols is 1. The zero-order chi connectivity index (χ0) is 33.9. The van der Waals surface area contributed by atoms with Crippen LogP contribution in [0.4, 0.5) is 14.6 Å². The smallest absolute Gasteiger partial charge is 0.318 e. The Morgan fingerprint density at radius 2 is 1.96 bits per heavy atom. The monoisotopic (exact) mass is 669 g/mol. The third-order valence-electron chi connectivity index (χ3n) is 10.7. The van der Waals surface area contributed by atoms with Crippen molar-refractivity contribution in [2.24, 2.45) is 5.41 Å². The number of aryl methyl sites for hydroxylation is 1. The summed E-state index contributed by atoms with van der Waals surface area (Å²) in [4.78, 5) is 14.7. The Morgan fingerprint density at radius 1 is 1.14 bits per heavy atom. The van der Waals surface area contributed by atoms with Gasteiger partial charge in [-0.15, -0.1) is 6.42 Å². The molecule has 11 heteroatoms. The van der Waals surface area contributed by atoms with Gasteiger partial charge >= 0.3 is 6.01 Å². The molecule has 9 nitrogen and oxygen atoms in total. The number of morpholine rings is 1. The predicted molar refractivity (Wildman–Crippen MR) is 185 cm³/mol. The molecule has 0 unspecified atom stereocenters. The number of anilines is 1. The standard InChI is InChI=1S/C38H41F2N5O4/c1-4-23-18-45-24(17-41-23)19-48-35-32-34(42-37(43-36(32)45)49-21-38(9-10-38)20-44-11-13-47-14-12-44)27(6-3)31(33(35)40)28-16-25(46)15-22-7-8-29(39)26(5-2)30(22)28/h2,7-8,15-16,23-24,41,46H,4,6,9-14,17-21H2,1,3H3/t23-,24+/m1/s1. The van der Waals surface area contributed by atoms with Gasteiger partial charge in [0.05, 0.1) is 42.3 Å². The second-order valence-electron chi connectivity index (χ2n) is 13.9. The molecule has 2 N–H and O–H groups in total. The van der Waals surface area contributed by atoms with Gasteiger partial charge in [0.15, 0.2) is 11.6 Å². The Bertz CT molecular complexity index is 1990. The van der Waals surface area contributed by atoms with E-state index in [0.29, 0.717) is 59.2 Å². The summed E-state index contributed by atoms with van der Waals surface area (Å²) in [6.07, 6.45) is 9.25. The minimum absolute atomic E-state index is 0.00274. The molecule has 1 aliphatic carbocycles. The van der Waals surface area contributed by atoms with Gasteiger partial charge in [-0.1, -0.05) is 25.8 Å². The summed E-state index contributed by atoms with van der Waals surface area (Å²) >= 11 is 0. The average Bonchev–Trinajstić information content (AvgIpc) is 3.91. The van der Waals surface area contributed by atoms with Crippen LogP contribution in [0.25, 0.3) is 32.8 Å². The number of halogens is 2. The largest absolute Gasteiger partial charge is 0.508 e. The van der Waals surface area contributed by atoms with Gasteiger partial charge in [0.1, 0.15) is 24.0 Å². The maximum atomic E-state index is 17.3. The second-order valence-corrected chi connectivity index (χ2v) is 13.9. The summed E-state index contributed by atoms with van der Waals surface area (Å²) in [6.45, 7) is 10.3. The maximum absolute atomic E-state index is 17.3. The molecule has 8 rings (SSSR count). The quantitative estimate of drug-likeness (QED) is 0.239. The van der Waals surface area contributed by atoms with Gasteiger partial charge in [-0.25, -0.2) is 8.78 Å². The number of rotatable bonds is 8. The van der Waals surface area contributed by atoms with E-state index in [1.54, 1.807) is 0 Å². The number of benzene rings is 3. The van der Waals surface area contributed by atoms with Gasteiger partial charge in [-0.2, -0.15) is 9.97 Å². The molecule has 0 radical (unpaired) electrons. The van der Waals surface area contributed by atoms with Gasteiger partial charge in [-0.3, -0.25) is 4.90 Å². The molecule has 0 amide bonds. The van der Waals surface area contributed by atoms with Crippen LogP contribution in [0.5, 0.6) is 17.5 Å². The fourth-order valence-corrected chi connectivity index (χ4v) is 7.83. The van der Waals surface area contributed by atoms with Crippen molar-refractivity contribution in [3.05, 3.63) is 47.0 Å². The molecule has 49 heavy (non-hydrogen) atoms. The van der Waals surface area contributed by atoms with Crippen LogP contribution < -0.4 is 19.7 Å². The van der Waals surface area contributed by atoms with E-state index in [0.717, 1.165) is 52.1 Å².